The molecule has 0 aliphatic rings. The Balaban J connectivity index is 1.91. The summed E-state index contributed by atoms with van der Waals surface area (Å²) in [5.41, 5.74) is 4.45. The van der Waals surface area contributed by atoms with E-state index in [1.54, 1.807) is 25.5 Å². The van der Waals surface area contributed by atoms with Crippen LogP contribution in [0.4, 0.5) is 5.69 Å². The van der Waals surface area contributed by atoms with Crippen LogP contribution in [0.1, 0.15) is 5.56 Å². The van der Waals surface area contributed by atoms with Crippen LogP contribution < -0.4 is 15.5 Å². The zero-order valence-electron chi connectivity index (χ0n) is 11.3. The van der Waals surface area contributed by atoms with Gasteiger partial charge < -0.3 is 10.1 Å². The first kappa shape index (κ1) is 15.3. The Morgan fingerprint density at radius 1 is 1.19 bits per heavy atom. The maximum Gasteiger partial charge on any atom is 0.191 e. The summed E-state index contributed by atoms with van der Waals surface area (Å²) in [5.74, 6) is 0.711. The van der Waals surface area contributed by atoms with Crippen LogP contribution in [0.25, 0.3) is 0 Å². The van der Waals surface area contributed by atoms with E-state index in [0.29, 0.717) is 15.9 Å². The normalized spacial score (nSPS) is 10.4. The number of nitrogens with one attached hydrogen (secondary N) is 2. The first-order valence-corrected chi connectivity index (χ1v) is 6.96. The van der Waals surface area contributed by atoms with Crippen LogP contribution in [0.3, 0.4) is 0 Å². The molecule has 6 heteroatoms. The van der Waals surface area contributed by atoms with E-state index in [-0.39, 0.29) is 0 Å². The molecular formula is C15H14ClN3OS. The second kappa shape index (κ2) is 7.61. The highest BCUT2D eigenvalue weighted by Gasteiger charge is 2.02. The number of ether oxygens (including phenoxy) is 1. The highest BCUT2D eigenvalue weighted by molar-refractivity contribution is 7.80. The second-order valence-corrected chi connectivity index (χ2v) is 4.92. The number of thiocarbonyl (C=S) groups is 1. The third-order valence-corrected chi connectivity index (χ3v) is 3.05. The molecule has 0 aromatic heterocycles. The van der Waals surface area contributed by atoms with E-state index in [0.717, 1.165) is 11.3 Å². The molecule has 0 atom stereocenters. The lowest BCUT2D eigenvalue weighted by molar-refractivity contribution is 0.417. The van der Waals surface area contributed by atoms with Gasteiger partial charge in [-0.1, -0.05) is 35.9 Å². The summed E-state index contributed by atoms with van der Waals surface area (Å²) in [6.07, 6.45) is 1.66. The minimum absolute atomic E-state index is 0.379. The molecule has 0 aliphatic carbocycles. The molecule has 0 amide bonds. The summed E-state index contributed by atoms with van der Waals surface area (Å²) in [5, 5.41) is 8.15. The van der Waals surface area contributed by atoms with Gasteiger partial charge in [-0.15, -0.1) is 0 Å². The van der Waals surface area contributed by atoms with Crippen LogP contribution in [0.5, 0.6) is 5.75 Å². The summed E-state index contributed by atoms with van der Waals surface area (Å²) in [4.78, 5) is 0. The van der Waals surface area contributed by atoms with Crippen molar-refractivity contribution in [2.75, 3.05) is 12.4 Å². The zero-order chi connectivity index (χ0) is 15.1. The monoisotopic (exact) mass is 319 g/mol. The lowest BCUT2D eigenvalue weighted by Gasteiger charge is -2.10. The molecule has 0 radical (unpaired) electrons. The number of benzene rings is 2. The molecule has 2 N–H and O–H groups in total. The van der Waals surface area contributed by atoms with Crippen molar-refractivity contribution in [3.05, 3.63) is 59.1 Å². The summed E-state index contributed by atoms with van der Waals surface area (Å²) in [7, 11) is 1.61. The van der Waals surface area contributed by atoms with Crippen molar-refractivity contribution in [3.63, 3.8) is 0 Å². The molecule has 21 heavy (non-hydrogen) atoms. The van der Waals surface area contributed by atoms with E-state index < -0.39 is 0 Å². The van der Waals surface area contributed by atoms with Crippen molar-refractivity contribution in [1.82, 2.24) is 5.43 Å². The predicted molar refractivity (Wildman–Crippen MR) is 91.4 cm³/mol. The molecule has 0 heterocycles. The lowest BCUT2D eigenvalue weighted by Crippen LogP contribution is -2.24. The first-order valence-electron chi connectivity index (χ1n) is 6.17. The Morgan fingerprint density at radius 2 is 1.90 bits per heavy atom. The van der Waals surface area contributed by atoms with Crippen LogP contribution in [-0.4, -0.2) is 18.4 Å². The maximum atomic E-state index is 5.81. The number of nitrogens with zero attached hydrogens (tertiary/aromatic N) is 1. The summed E-state index contributed by atoms with van der Waals surface area (Å²) in [6.45, 7) is 0. The van der Waals surface area contributed by atoms with E-state index >= 15 is 0 Å². The average molecular weight is 320 g/mol. The summed E-state index contributed by atoms with van der Waals surface area (Å²) >= 11 is 11.0. The molecule has 0 unspecified atom stereocenters. The van der Waals surface area contributed by atoms with E-state index in [1.165, 1.54) is 0 Å². The topological polar surface area (TPSA) is 45.6 Å². The molecule has 2 aromatic rings. The molecule has 0 saturated carbocycles. The van der Waals surface area contributed by atoms with Crippen LogP contribution >= 0.6 is 23.8 Å². The van der Waals surface area contributed by atoms with Crippen LogP contribution in [0, 0.1) is 0 Å². The number of para-hydroxylation sites is 2. The molecule has 0 saturated heterocycles. The van der Waals surface area contributed by atoms with Gasteiger partial charge in [0, 0.05) is 5.02 Å². The minimum Gasteiger partial charge on any atom is -0.495 e. The van der Waals surface area contributed by atoms with Gasteiger partial charge in [0.05, 0.1) is 19.0 Å². The smallest absolute Gasteiger partial charge is 0.191 e. The molecule has 2 rings (SSSR count). The fraction of sp³-hybridized carbons (Fsp3) is 0.0667. The van der Waals surface area contributed by atoms with Gasteiger partial charge >= 0.3 is 0 Å². The van der Waals surface area contributed by atoms with Gasteiger partial charge in [-0.3, -0.25) is 5.43 Å². The van der Waals surface area contributed by atoms with E-state index in [9.17, 15) is 0 Å². The molecule has 2 aromatic carbocycles. The van der Waals surface area contributed by atoms with Gasteiger partial charge in [-0.2, -0.15) is 5.10 Å². The van der Waals surface area contributed by atoms with Crippen LogP contribution in [0.15, 0.2) is 53.6 Å². The van der Waals surface area contributed by atoms with Gasteiger partial charge in [-0.05, 0) is 42.0 Å². The highest BCUT2D eigenvalue weighted by Crippen LogP contribution is 2.22. The highest BCUT2D eigenvalue weighted by atomic mass is 35.5. The van der Waals surface area contributed by atoms with Gasteiger partial charge in [0.25, 0.3) is 0 Å². The fourth-order valence-corrected chi connectivity index (χ4v) is 1.90. The maximum absolute atomic E-state index is 5.81. The van der Waals surface area contributed by atoms with Crippen molar-refractivity contribution in [2.24, 2.45) is 5.10 Å². The molecule has 4 nitrogen and oxygen atoms in total. The van der Waals surface area contributed by atoms with Gasteiger partial charge in [0.1, 0.15) is 5.75 Å². The number of halogens is 1. The average Bonchev–Trinajstić information content (AvgIpc) is 2.50. The Morgan fingerprint density at radius 3 is 2.62 bits per heavy atom. The van der Waals surface area contributed by atoms with Crippen LogP contribution in [0.2, 0.25) is 5.02 Å². The molecule has 0 spiro atoms. The predicted octanol–water partition coefficient (Wildman–Crippen LogP) is 3.67. The van der Waals surface area contributed by atoms with Gasteiger partial charge in [0.15, 0.2) is 5.11 Å². The summed E-state index contributed by atoms with van der Waals surface area (Å²) < 4.78 is 5.23. The standard InChI is InChI=1S/C15H14ClN3OS/c1-20-14-5-3-2-4-13(14)18-15(21)19-17-10-11-6-8-12(16)9-7-11/h2-10H,1H3,(H2,18,19,21)/b17-10-. The van der Waals surface area contributed by atoms with Gasteiger partial charge in [0.2, 0.25) is 0 Å². The lowest BCUT2D eigenvalue weighted by atomic mass is 10.2. The van der Waals surface area contributed by atoms with E-state index in [1.807, 2.05) is 36.4 Å². The third kappa shape index (κ3) is 4.73. The Kier molecular flexibility index (Phi) is 5.54. The number of hydrogen-bond acceptors (Lipinski definition) is 3. The molecular weight excluding hydrogens is 306 g/mol. The zero-order valence-corrected chi connectivity index (χ0v) is 12.9. The molecule has 0 aliphatic heterocycles. The number of hydrogen-bond donors (Lipinski definition) is 2. The van der Waals surface area contributed by atoms with Crippen molar-refractivity contribution >= 4 is 40.8 Å². The molecule has 0 bridgehead atoms. The molecule has 0 fully saturated rings. The van der Waals surface area contributed by atoms with E-state index in [4.69, 9.17) is 28.6 Å². The Hall–Kier alpha value is -2.11. The SMILES string of the molecule is COc1ccccc1NC(=S)N/N=C\c1ccc(Cl)cc1. The number of rotatable bonds is 4. The van der Waals surface area contributed by atoms with E-state index in [2.05, 4.69) is 15.8 Å². The first-order chi connectivity index (χ1) is 10.2. The van der Waals surface area contributed by atoms with Crippen molar-refractivity contribution in [3.8, 4) is 5.75 Å². The number of anilines is 1. The second-order valence-electron chi connectivity index (χ2n) is 4.08. The fourth-order valence-electron chi connectivity index (χ4n) is 1.61. The third-order valence-electron chi connectivity index (χ3n) is 2.60. The van der Waals surface area contributed by atoms with Crippen molar-refractivity contribution < 1.29 is 4.74 Å². The quantitative estimate of drug-likeness (QED) is 0.513. The molecule has 108 valence electrons. The van der Waals surface area contributed by atoms with Crippen LogP contribution in [-0.2, 0) is 0 Å². The Bertz CT molecular complexity index is 644. The number of hydrazone groups is 1. The van der Waals surface area contributed by atoms with Gasteiger partial charge in [-0.25, -0.2) is 0 Å². The Labute approximate surface area is 133 Å². The number of methoxy groups -OCH3 is 1. The summed E-state index contributed by atoms with van der Waals surface area (Å²) in [6, 6.07) is 14.8. The van der Waals surface area contributed by atoms with Crippen molar-refractivity contribution in [1.29, 1.82) is 0 Å². The van der Waals surface area contributed by atoms with Crippen molar-refractivity contribution in [2.45, 2.75) is 0 Å². The largest absolute Gasteiger partial charge is 0.495 e. The minimum atomic E-state index is 0.379.